The smallest absolute Gasteiger partial charge is 0.122 e. The van der Waals surface area contributed by atoms with Gasteiger partial charge in [-0.15, -0.1) is 0 Å². The molecule has 0 aliphatic heterocycles. The summed E-state index contributed by atoms with van der Waals surface area (Å²) in [5.74, 6) is 1.26. The van der Waals surface area contributed by atoms with Gasteiger partial charge in [0.15, 0.2) is 0 Å². The number of hydrogen-bond acceptors (Lipinski definition) is 3. The highest BCUT2D eigenvalue weighted by Gasteiger charge is 2.15. The highest BCUT2D eigenvalue weighted by Crippen LogP contribution is 2.29. The van der Waals surface area contributed by atoms with Gasteiger partial charge in [0, 0.05) is 5.02 Å². The molecule has 4 heteroatoms. The van der Waals surface area contributed by atoms with Crippen molar-refractivity contribution >= 4 is 11.6 Å². The Morgan fingerprint density at radius 1 is 1.10 bits per heavy atom. The maximum atomic E-state index is 9.45. The van der Waals surface area contributed by atoms with Gasteiger partial charge in [-0.1, -0.05) is 23.7 Å². The Balaban J connectivity index is 2.26. The molecule has 0 bridgehead atoms. The van der Waals surface area contributed by atoms with Crippen molar-refractivity contribution in [3.05, 3.63) is 58.6 Å². The molecule has 0 amide bonds. The fourth-order valence-electron chi connectivity index (χ4n) is 2.20. The van der Waals surface area contributed by atoms with Crippen LogP contribution in [0.1, 0.15) is 17.0 Å². The van der Waals surface area contributed by atoms with E-state index in [0.717, 1.165) is 22.6 Å². The lowest BCUT2D eigenvalue weighted by molar-refractivity contribution is 0.409. The van der Waals surface area contributed by atoms with Crippen LogP contribution in [0.5, 0.6) is 11.5 Å². The van der Waals surface area contributed by atoms with Crippen molar-refractivity contribution in [2.45, 2.75) is 12.3 Å². The van der Waals surface area contributed by atoms with Gasteiger partial charge in [-0.05, 0) is 47.9 Å². The molecular weight excluding hydrogens is 286 g/mol. The van der Waals surface area contributed by atoms with Crippen LogP contribution in [-0.2, 0) is 6.42 Å². The summed E-state index contributed by atoms with van der Waals surface area (Å²) in [6.45, 7) is 0. The van der Waals surface area contributed by atoms with Gasteiger partial charge in [-0.3, -0.25) is 0 Å². The topological polar surface area (TPSA) is 42.2 Å². The van der Waals surface area contributed by atoms with Crippen molar-refractivity contribution in [1.82, 2.24) is 0 Å². The minimum Gasteiger partial charge on any atom is -0.497 e. The van der Waals surface area contributed by atoms with Crippen LogP contribution in [0, 0.1) is 11.3 Å². The van der Waals surface area contributed by atoms with Crippen molar-refractivity contribution in [3.63, 3.8) is 0 Å². The highest BCUT2D eigenvalue weighted by atomic mass is 35.5. The first-order chi connectivity index (χ1) is 10.2. The molecule has 21 heavy (non-hydrogen) atoms. The number of hydrogen-bond donors (Lipinski definition) is 0. The molecule has 0 saturated heterocycles. The van der Waals surface area contributed by atoms with E-state index >= 15 is 0 Å². The predicted molar refractivity (Wildman–Crippen MR) is 83.1 cm³/mol. The quantitative estimate of drug-likeness (QED) is 0.831. The van der Waals surface area contributed by atoms with E-state index in [1.807, 2.05) is 36.4 Å². The summed E-state index contributed by atoms with van der Waals surface area (Å²) in [7, 11) is 3.23. The summed E-state index contributed by atoms with van der Waals surface area (Å²) >= 11 is 6.03. The number of benzene rings is 2. The molecule has 0 aromatic heterocycles. The number of rotatable bonds is 5. The summed E-state index contributed by atoms with van der Waals surface area (Å²) in [6, 6.07) is 15.3. The molecule has 0 radical (unpaired) electrons. The molecule has 0 fully saturated rings. The second-order valence-corrected chi connectivity index (χ2v) is 5.05. The molecule has 2 aromatic rings. The van der Waals surface area contributed by atoms with Crippen molar-refractivity contribution in [2.24, 2.45) is 0 Å². The zero-order valence-electron chi connectivity index (χ0n) is 12.0. The normalized spacial score (nSPS) is 11.5. The van der Waals surface area contributed by atoms with Gasteiger partial charge < -0.3 is 9.47 Å². The van der Waals surface area contributed by atoms with Crippen molar-refractivity contribution in [3.8, 4) is 17.6 Å². The zero-order valence-corrected chi connectivity index (χ0v) is 12.7. The van der Waals surface area contributed by atoms with E-state index in [4.69, 9.17) is 21.1 Å². The van der Waals surface area contributed by atoms with Crippen LogP contribution in [0.4, 0.5) is 0 Å². The minimum absolute atomic E-state index is 0.261. The fourth-order valence-corrected chi connectivity index (χ4v) is 2.40. The molecule has 0 spiro atoms. The number of ether oxygens (including phenoxy) is 2. The summed E-state index contributed by atoms with van der Waals surface area (Å²) < 4.78 is 10.5. The Hall–Kier alpha value is -2.18. The Morgan fingerprint density at radius 2 is 1.81 bits per heavy atom. The van der Waals surface area contributed by atoms with Crippen LogP contribution < -0.4 is 9.47 Å². The third-order valence-electron chi connectivity index (χ3n) is 3.34. The van der Waals surface area contributed by atoms with Crippen LogP contribution in [0.15, 0.2) is 42.5 Å². The molecule has 0 aliphatic carbocycles. The summed E-state index contributed by atoms with van der Waals surface area (Å²) in [6.07, 6.45) is 0.548. The Bertz CT molecular complexity index is 647. The summed E-state index contributed by atoms with van der Waals surface area (Å²) in [5.41, 5.74) is 1.87. The van der Waals surface area contributed by atoms with Crippen LogP contribution in [0.3, 0.4) is 0 Å². The molecule has 3 nitrogen and oxygen atoms in total. The molecule has 2 aromatic carbocycles. The first-order valence-corrected chi connectivity index (χ1v) is 6.91. The van der Waals surface area contributed by atoms with Crippen LogP contribution in [-0.4, -0.2) is 14.2 Å². The first-order valence-electron chi connectivity index (χ1n) is 6.54. The lowest BCUT2D eigenvalue weighted by Crippen LogP contribution is -2.02. The average Bonchev–Trinajstić information content (AvgIpc) is 2.53. The average molecular weight is 302 g/mol. The van der Waals surface area contributed by atoms with Crippen LogP contribution in [0.25, 0.3) is 0 Å². The Labute approximate surface area is 129 Å². The summed E-state index contributed by atoms with van der Waals surface area (Å²) in [5, 5.41) is 10.1. The van der Waals surface area contributed by atoms with E-state index in [1.165, 1.54) is 0 Å². The van der Waals surface area contributed by atoms with Gasteiger partial charge >= 0.3 is 0 Å². The SMILES string of the molecule is COc1ccc(C(C#N)Cc2cc(Cl)ccc2OC)cc1. The highest BCUT2D eigenvalue weighted by molar-refractivity contribution is 6.30. The largest absolute Gasteiger partial charge is 0.497 e. The van der Waals surface area contributed by atoms with E-state index in [-0.39, 0.29) is 5.92 Å². The third kappa shape index (κ3) is 3.68. The van der Waals surface area contributed by atoms with E-state index in [9.17, 15) is 5.26 Å². The van der Waals surface area contributed by atoms with E-state index in [0.29, 0.717) is 11.4 Å². The van der Waals surface area contributed by atoms with E-state index in [1.54, 1.807) is 20.3 Å². The Morgan fingerprint density at radius 3 is 2.38 bits per heavy atom. The van der Waals surface area contributed by atoms with Gasteiger partial charge in [0.05, 0.1) is 26.2 Å². The molecule has 0 saturated carbocycles. The third-order valence-corrected chi connectivity index (χ3v) is 3.58. The molecule has 2 rings (SSSR count). The summed E-state index contributed by atoms with van der Waals surface area (Å²) in [4.78, 5) is 0. The number of methoxy groups -OCH3 is 2. The van der Waals surface area contributed by atoms with Crippen LogP contribution in [0.2, 0.25) is 5.02 Å². The first kappa shape index (κ1) is 15.2. The Kier molecular flexibility index (Phi) is 5.08. The van der Waals surface area contributed by atoms with Crippen molar-refractivity contribution in [2.75, 3.05) is 14.2 Å². The molecule has 0 N–H and O–H groups in total. The zero-order chi connectivity index (χ0) is 15.2. The second kappa shape index (κ2) is 7.01. The maximum Gasteiger partial charge on any atom is 0.122 e. The molecule has 0 aliphatic rings. The number of halogens is 1. The molecule has 108 valence electrons. The predicted octanol–water partition coefficient (Wildman–Crippen LogP) is 4.21. The van der Waals surface area contributed by atoms with Crippen molar-refractivity contribution in [1.29, 1.82) is 5.26 Å². The van der Waals surface area contributed by atoms with Gasteiger partial charge in [-0.25, -0.2) is 0 Å². The molecular formula is C17H16ClNO2. The number of nitriles is 1. The molecule has 1 unspecified atom stereocenters. The minimum atomic E-state index is -0.261. The lowest BCUT2D eigenvalue weighted by Gasteiger charge is -2.13. The van der Waals surface area contributed by atoms with Gasteiger partial charge in [-0.2, -0.15) is 5.26 Å². The fraction of sp³-hybridized carbons (Fsp3) is 0.235. The van der Waals surface area contributed by atoms with Gasteiger partial charge in [0.2, 0.25) is 0 Å². The maximum absolute atomic E-state index is 9.45. The monoisotopic (exact) mass is 301 g/mol. The lowest BCUT2D eigenvalue weighted by atomic mass is 9.93. The number of nitrogens with zero attached hydrogens (tertiary/aromatic N) is 1. The van der Waals surface area contributed by atoms with Gasteiger partial charge in [0.1, 0.15) is 11.5 Å². The molecule has 0 heterocycles. The van der Waals surface area contributed by atoms with Gasteiger partial charge in [0.25, 0.3) is 0 Å². The van der Waals surface area contributed by atoms with Crippen molar-refractivity contribution < 1.29 is 9.47 Å². The van der Waals surface area contributed by atoms with E-state index in [2.05, 4.69) is 6.07 Å². The molecule has 1 atom stereocenters. The second-order valence-electron chi connectivity index (χ2n) is 4.62. The standard InChI is InChI=1S/C17H16ClNO2/c1-20-16-6-3-12(4-7-16)14(11-19)9-13-10-15(18)5-8-17(13)21-2/h3-8,10,14H,9H2,1-2H3. The van der Waals surface area contributed by atoms with E-state index < -0.39 is 0 Å². The van der Waals surface area contributed by atoms with Crippen LogP contribution >= 0.6 is 11.6 Å².